The fourth-order valence-electron chi connectivity index (χ4n) is 1.48. The zero-order chi connectivity index (χ0) is 10.8. The molecule has 0 amide bonds. The number of benzene rings is 1. The second-order valence-corrected chi connectivity index (χ2v) is 5.67. The van der Waals surface area contributed by atoms with E-state index in [0.717, 1.165) is 5.56 Å². The highest BCUT2D eigenvalue weighted by molar-refractivity contribution is 7.89. The number of hydrogen-bond acceptors (Lipinski definition) is 2. The van der Waals surface area contributed by atoms with Gasteiger partial charge in [-0.3, -0.25) is 0 Å². The normalized spacial score (nSPS) is 12.8. The molecule has 0 fully saturated rings. The molecule has 14 heavy (non-hydrogen) atoms. The summed E-state index contributed by atoms with van der Waals surface area (Å²) < 4.78 is 22.0. The Morgan fingerprint density at radius 2 is 1.71 bits per heavy atom. The van der Waals surface area contributed by atoms with Gasteiger partial charge in [0.05, 0.1) is 5.75 Å². The molecule has 1 aromatic carbocycles. The van der Waals surface area contributed by atoms with Gasteiger partial charge in [-0.1, -0.05) is 44.2 Å². The second kappa shape index (κ2) is 3.71. The van der Waals surface area contributed by atoms with Crippen molar-refractivity contribution in [3.63, 3.8) is 0 Å². The summed E-state index contributed by atoms with van der Waals surface area (Å²) in [5.74, 6) is -0.0377. The summed E-state index contributed by atoms with van der Waals surface area (Å²) in [7, 11) is -3.43. The van der Waals surface area contributed by atoms with E-state index in [4.69, 9.17) is 5.14 Å². The Labute approximate surface area is 85.0 Å². The Morgan fingerprint density at radius 3 is 2.14 bits per heavy atom. The predicted octanol–water partition coefficient (Wildman–Crippen LogP) is 1.25. The standard InChI is InChI=1S/C10H15NO2S/c1-10(2,8-14(11,12)13)9-6-4-3-5-7-9/h3-7H,8H2,1-2H3,(H2,11,12,13). The number of rotatable bonds is 3. The van der Waals surface area contributed by atoms with E-state index in [9.17, 15) is 8.42 Å². The number of hydrogen-bond donors (Lipinski definition) is 1. The van der Waals surface area contributed by atoms with Gasteiger partial charge < -0.3 is 0 Å². The minimum Gasteiger partial charge on any atom is -0.229 e. The molecule has 0 aliphatic rings. The molecular formula is C10H15NO2S. The van der Waals surface area contributed by atoms with Crippen LogP contribution in [0.2, 0.25) is 0 Å². The first kappa shape index (κ1) is 11.2. The third kappa shape index (κ3) is 3.12. The average molecular weight is 213 g/mol. The van der Waals surface area contributed by atoms with Crippen LogP contribution < -0.4 is 5.14 Å². The van der Waals surface area contributed by atoms with Crippen molar-refractivity contribution in [2.24, 2.45) is 5.14 Å². The molecule has 0 heterocycles. The van der Waals surface area contributed by atoms with E-state index in [1.165, 1.54) is 0 Å². The first-order chi connectivity index (χ1) is 6.31. The quantitative estimate of drug-likeness (QED) is 0.821. The van der Waals surface area contributed by atoms with E-state index in [-0.39, 0.29) is 5.75 Å². The number of nitrogens with two attached hydrogens (primary N) is 1. The monoisotopic (exact) mass is 213 g/mol. The lowest BCUT2D eigenvalue weighted by Crippen LogP contribution is -2.32. The van der Waals surface area contributed by atoms with Crippen LogP contribution in [0.1, 0.15) is 19.4 Å². The highest BCUT2D eigenvalue weighted by Crippen LogP contribution is 2.23. The maximum atomic E-state index is 11.0. The Morgan fingerprint density at radius 1 is 1.21 bits per heavy atom. The van der Waals surface area contributed by atoms with Crippen LogP contribution in [-0.2, 0) is 15.4 Å². The van der Waals surface area contributed by atoms with Gasteiger partial charge in [-0.15, -0.1) is 0 Å². The van der Waals surface area contributed by atoms with Crippen molar-refractivity contribution in [3.05, 3.63) is 35.9 Å². The molecule has 0 aliphatic heterocycles. The third-order valence-corrected chi connectivity index (χ3v) is 3.24. The summed E-state index contributed by atoms with van der Waals surface area (Å²) >= 11 is 0. The molecule has 0 bridgehead atoms. The minimum absolute atomic E-state index is 0.0377. The van der Waals surface area contributed by atoms with E-state index in [2.05, 4.69) is 0 Å². The van der Waals surface area contributed by atoms with Crippen LogP contribution in [0.4, 0.5) is 0 Å². The molecular weight excluding hydrogens is 198 g/mol. The van der Waals surface area contributed by atoms with Crippen molar-refractivity contribution in [2.45, 2.75) is 19.3 Å². The van der Waals surface area contributed by atoms with Crippen LogP contribution in [0, 0.1) is 0 Å². The van der Waals surface area contributed by atoms with E-state index >= 15 is 0 Å². The molecule has 3 nitrogen and oxygen atoms in total. The third-order valence-electron chi connectivity index (χ3n) is 2.12. The number of sulfonamides is 1. The topological polar surface area (TPSA) is 60.2 Å². The zero-order valence-corrected chi connectivity index (χ0v) is 9.21. The maximum absolute atomic E-state index is 11.0. The molecule has 0 aromatic heterocycles. The lowest BCUT2D eigenvalue weighted by atomic mass is 9.87. The van der Waals surface area contributed by atoms with Crippen LogP contribution in [-0.4, -0.2) is 14.2 Å². The Hall–Kier alpha value is -0.870. The van der Waals surface area contributed by atoms with Crippen molar-refractivity contribution in [2.75, 3.05) is 5.75 Å². The van der Waals surface area contributed by atoms with Gasteiger partial charge in [-0.25, -0.2) is 13.6 Å². The molecule has 0 unspecified atom stereocenters. The van der Waals surface area contributed by atoms with Crippen molar-refractivity contribution >= 4 is 10.0 Å². The summed E-state index contributed by atoms with van der Waals surface area (Å²) in [5, 5.41) is 5.03. The lowest BCUT2D eigenvalue weighted by Gasteiger charge is -2.23. The van der Waals surface area contributed by atoms with Gasteiger partial charge in [0.15, 0.2) is 0 Å². The van der Waals surface area contributed by atoms with Crippen molar-refractivity contribution in [3.8, 4) is 0 Å². The Balaban J connectivity index is 2.97. The molecule has 0 aliphatic carbocycles. The second-order valence-electron chi connectivity index (χ2n) is 4.06. The largest absolute Gasteiger partial charge is 0.229 e. The molecule has 0 saturated carbocycles. The number of primary sulfonamides is 1. The average Bonchev–Trinajstić information content (AvgIpc) is 2.01. The molecule has 1 aromatic rings. The summed E-state index contributed by atoms with van der Waals surface area (Å²) in [6, 6.07) is 9.49. The predicted molar refractivity (Wildman–Crippen MR) is 57.4 cm³/mol. The molecule has 0 saturated heterocycles. The first-order valence-electron chi connectivity index (χ1n) is 4.37. The fraction of sp³-hybridized carbons (Fsp3) is 0.400. The van der Waals surface area contributed by atoms with Crippen LogP contribution >= 0.6 is 0 Å². The Kier molecular flexibility index (Phi) is 2.97. The molecule has 4 heteroatoms. The summed E-state index contributed by atoms with van der Waals surface area (Å²) in [5.41, 5.74) is 0.545. The molecule has 0 spiro atoms. The molecule has 0 radical (unpaired) electrons. The molecule has 78 valence electrons. The van der Waals surface area contributed by atoms with Gasteiger partial charge in [0.2, 0.25) is 10.0 Å². The van der Waals surface area contributed by atoms with E-state index < -0.39 is 15.4 Å². The van der Waals surface area contributed by atoms with Crippen LogP contribution in [0.3, 0.4) is 0 Å². The fourth-order valence-corrected chi connectivity index (χ4v) is 2.65. The SMILES string of the molecule is CC(C)(CS(N)(=O)=O)c1ccccc1. The first-order valence-corrected chi connectivity index (χ1v) is 6.09. The van der Waals surface area contributed by atoms with Gasteiger partial charge in [-0.05, 0) is 5.56 Å². The van der Waals surface area contributed by atoms with Gasteiger partial charge in [0, 0.05) is 5.41 Å². The van der Waals surface area contributed by atoms with Gasteiger partial charge in [0.1, 0.15) is 0 Å². The maximum Gasteiger partial charge on any atom is 0.209 e. The van der Waals surface area contributed by atoms with Crippen LogP contribution in [0.5, 0.6) is 0 Å². The highest BCUT2D eigenvalue weighted by Gasteiger charge is 2.25. The van der Waals surface area contributed by atoms with E-state index in [1.807, 2.05) is 44.2 Å². The van der Waals surface area contributed by atoms with Crippen molar-refractivity contribution in [1.29, 1.82) is 0 Å². The van der Waals surface area contributed by atoms with Gasteiger partial charge in [-0.2, -0.15) is 0 Å². The van der Waals surface area contributed by atoms with E-state index in [0.29, 0.717) is 0 Å². The van der Waals surface area contributed by atoms with Gasteiger partial charge in [0.25, 0.3) is 0 Å². The summed E-state index contributed by atoms with van der Waals surface area (Å²) in [6.45, 7) is 3.74. The van der Waals surface area contributed by atoms with E-state index in [1.54, 1.807) is 0 Å². The Bertz CT molecular complexity index is 395. The molecule has 2 N–H and O–H groups in total. The highest BCUT2D eigenvalue weighted by atomic mass is 32.2. The van der Waals surface area contributed by atoms with Crippen molar-refractivity contribution in [1.82, 2.24) is 0 Å². The minimum atomic E-state index is -3.43. The summed E-state index contributed by atoms with van der Waals surface area (Å²) in [4.78, 5) is 0. The smallest absolute Gasteiger partial charge is 0.209 e. The van der Waals surface area contributed by atoms with Crippen LogP contribution in [0.15, 0.2) is 30.3 Å². The van der Waals surface area contributed by atoms with Crippen LogP contribution in [0.25, 0.3) is 0 Å². The lowest BCUT2D eigenvalue weighted by molar-refractivity contribution is 0.549. The molecule has 0 atom stereocenters. The van der Waals surface area contributed by atoms with Gasteiger partial charge >= 0.3 is 0 Å². The zero-order valence-electron chi connectivity index (χ0n) is 8.40. The van der Waals surface area contributed by atoms with Crippen molar-refractivity contribution < 1.29 is 8.42 Å². The molecule has 1 rings (SSSR count). The summed E-state index contributed by atoms with van der Waals surface area (Å²) in [6.07, 6.45) is 0.